The van der Waals surface area contributed by atoms with Gasteiger partial charge in [-0.2, -0.15) is 13.2 Å². The largest absolute Gasteiger partial charge is 0.484 e. The molecule has 1 unspecified atom stereocenters. The summed E-state index contributed by atoms with van der Waals surface area (Å²) < 4.78 is 98.3. The summed E-state index contributed by atoms with van der Waals surface area (Å²) in [7, 11) is -3.46. The molecule has 188 valence electrons. The summed E-state index contributed by atoms with van der Waals surface area (Å²) >= 11 is 0. The van der Waals surface area contributed by atoms with Crippen LogP contribution in [0.2, 0.25) is 0 Å². The summed E-state index contributed by atoms with van der Waals surface area (Å²) in [4.78, 5) is 12.2. The van der Waals surface area contributed by atoms with Crippen LogP contribution in [0.25, 0.3) is 0 Å². The number of benzene rings is 2. The lowest BCUT2D eigenvalue weighted by Gasteiger charge is -2.29. The molecule has 2 aromatic rings. The van der Waals surface area contributed by atoms with Crippen LogP contribution < -0.4 is 14.8 Å². The molecular weight excluding hydrogens is 483 g/mol. The first-order chi connectivity index (χ1) is 15.4. The van der Waals surface area contributed by atoms with Gasteiger partial charge in [0, 0.05) is 17.7 Å². The molecule has 0 radical (unpaired) electrons. The number of anilines is 1. The highest BCUT2D eigenvalue weighted by molar-refractivity contribution is 7.92. The molecule has 0 aliphatic carbocycles. The quantitative estimate of drug-likeness (QED) is 0.505. The predicted octanol–water partition coefficient (Wildman–Crippen LogP) is 4.74. The van der Waals surface area contributed by atoms with Gasteiger partial charge in [0.05, 0.1) is 23.4 Å². The van der Waals surface area contributed by atoms with E-state index in [1.165, 1.54) is 0 Å². The highest BCUT2D eigenvalue weighted by Crippen LogP contribution is 2.43. The number of nitrogens with one attached hydrogen (secondary N) is 2. The van der Waals surface area contributed by atoms with Crippen LogP contribution in [0.3, 0.4) is 0 Å². The van der Waals surface area contributed by atoms with Crippen molar-refractivity contribution in [3.63, 3.8) is 0 Å². The number of carbonyl (C=O) groups excluding carboxylic acids is 1. The van der Waals surface area contributed by atoms with Gasteiger partial charge in [-0.1, -0.05) is 12.1 Å². The van der Waals surface area contributed by atoms with Crippen molar-refractivity contribution in [2.24, 2.45) is 0 Å². The summed E-state index contributed by atoms with van der Waals surface area (Å²) in [5.74, 6) is -3.97. The molecule has 0 saturated carbocycles. The molecular formula is C22H25F5N2O4S. The van der Waals surface area contributed by atoms with Crippen molar-refractivity contribution < 1.29 is 39.9 Å². The van der Waals surface area contributed by atoms with Crippen molar-refractivity contribution in [3.8, 4) is 5.75 Å². The molecule has 0 spiro atoms. The number of amides is 1. The maximum atomic E-state index is 14.3. The van der Waals surface area contributed by atoms with Gasteiger partial charge in [0.2, 0.25) is 10.0 Å². The molecule has 0 aliphatic heterocycles. The summed E-state index contributed by atoms with van der Waals surface area (Å²) in [6.45, 7) is 4.02. The predicted molar refractivity (Wildman–Crippen MR) is 117 cm³/mol. The van der Waals surface area contributed by atoms with E-state index in [0.29, 0.717) is 42.8 Å². The first-order valence-corrected chi connectivity index (χ1v) is 11.9. The Morgan fingerprint density at radius 3 is 2.12 bits per heavy atom. The third-order valence-electron chi connectivity index (χ3n) is 5.14. The number of ether oxygens (including phenoxy) is 1. The van der Waals surface area contributed by atoms with E-state index in [4.69, 9.17) is 4.74 Å². The Balaban J connectivity index is 2.06. The molecule has 0 aliphatic rings. The molecule has 12 heteroatoms. The number of halogens is 5. The SMILES string of the molecule is Cc1cc(C(C)NC(=O)COc2cc(F)c(C(C)(C)C(F)(F)F)c(F)c2)ccc1NS(C)(=O)=O. The van der Waals surface area contributed by atoms with Crippen molar-refractivity contribution in [1.29, 1.82) is 0 Å². The van der Waals surface area contributed by atoms with Gasteiger partial charge >= 0.3 is 6.18 Å². The molecule has 0 aromatic heterocycles. The molecule has 0 heterocycles. The molecule has 2 rings (SSSR count). The summed E-state index contributed by atoms with van der Waals surface area (Å²) in [6.07, 6.45) is -3.86. The Hall–Kier alpha value is -2.89. The molecule has 0 saturated heterocycles. The normalized spacial score (nSPS) is 13.4. The minimum Gasteiger partial charge on any atom is -0.484 e. The third kappa shape index (κ3) is 6.58. The van der Waals surface area contributed by atoms with E-state index < -0.39 is 63.1 Å². The van der Waals surface area contributed by atoms with Gasteiger partial charge in [0.25, 0.3) is 5.91 Å². The van der Waals surface area contributed by atoms with Gasteiger partial charge in [-0.3, -0.25) is 9.52 Å². The number of aryl methyl sites for hydroxylation is 1. The molecule has 0 fully saturated rings. The highest BCUT2D eigenvalue weighted by Gasteiger charge is 2.51. The zero-order valence-corrected chi connectivity index (χ0v) is 19.9. The zero-order chi connectivity index (χ0) is 26.1. The van der Waals surface area contributed by atoms with Crippen LogP contribution in [0.1, 0.15) is 43.5 Å². The minimum absolute atomic E-state index is 0.384. The van der Waals surface area contributed by atoms with Crippen LogP contribution in [0.5, 0.6) is 5.75 Å². The topological polar surface area (TPSA) is 84.5 Å². The lowest BCUT2D eigenvalue weighted by molar-refractivity contribution is -0.181. The number of carbonyl (C=O) groups is 1. The lowest BCUT2D eigenvalue weighted by atomic mass is 9.83. The first-order valence-electron chi connectivity index (χ1n) is 9.99. The fraction of sp³-hybridized carbons (Fsp3) is 0.409. The van der Waals surface area contributed by atoms with E-state index in [1.54, 1.807) is 32.0 Å². The maximum absolute atomic E-state index is 14.3. The number of rotatable bonds is 8. The van der Waals surface area contributed by atoms with Gasteiger partial charge in [-0.05, 0) is 44.9 Å². The molecule has 2 aromatic carbocycles. The molecule has 2 N–H and O–H groups in total. The second kappa shape index (κ2) is 9.77. The van der Waals surface area contributed by atoms with Gasteiger partial charge in [-0.15, -0.1) is 0 Å². The average Bonchev–Trinajstić information content (AvgIpc) is 2.65. The highest BCUT2D eigenvalue weighted by atomic mass is 32.2. The minimum atomic E-state index is -4.88. The lowest BCUT2D eigenvalue weighted by Crippen LogP contribution is -2.38. The molecule has 1 amide bonds. The monoisotopic (exact) mass is 508 g/mol. The van der Waals surface area contributed by atoms with Gasteiger partial charge < -0.3 is 10.1 Å². The maximum Gasteiger partial charge on any atom is 0.398 e. The molecule has 34 heavy (non-hydrogen) atoms. The van der Waals surface area contributed by atoms with Crippen LogP contribution in [0.4, 0.5) is 27.6 Å². The van der Waals surface area contributed by atoms with Gasteiger partial charge in [-0.25, -0.2) is 17.2 Å². The van der Waals surface area contributed by atoms with Crippen molar-refractivity contribution in [3.05, 3.63) is 58.7 Å². The fourth-order valence-corrected chi connectivity index (χ4v) is 3.79. The van der Waals surface area contributed by atoms with Crippen molar-refractivity contribution in [2.45, 2.75) is 45.3 Å². The number of hydrogen-bond donors (Lipinski definition) is 2. The number of hydrogen-bond acceptors (Lipinski definition) is 4. The van der Waals surface area contributed by atoms with E-state index in [2.05, 4.69) is 10.0 Å². The van der Waals surface area contributed by atoms with E-state index in [0.717, 1.165) is 6.26 Å². The Bertz CT molecular complexity index is 1160. The Morgan fingerprint density at radius 1 is 1.09 bits per heavy atom. The summed E-state index contributed by atoms with van der Waals surface area (Å²) in [5.41, 5.74) is -2.26. The van der Waals surface area contributed by atoms with E-state index in [-0.39, 0.29) is 0 Å². The van der Waals surface area contributed by atoms with Crippen LogP contribution in [0, 0.1) is 18.6 Å². The van der Waals surface area contributed by atoms with Crippen LogP contribution >= 0.6 is 0 Å². The second-order valence-corrected chi connectivity index (χ2v) is 10.2. The van der Waals surface area contributed by atoms with Crippen molar-refractivity contribution in [1.82, 2.24) is 5.32 Å². The van der Waals surface area contributed by atoms with Gasteiger partial charge in [0.15, 0.2) is 6.61 Å². The molecule has 0 bridgehead atoms. The average molecular weight is 509 g/mol. The van der Waals surface area contributed by atoms with Gasteiger partial charge in [0.1, 0.15) is 17.4 Å². The van der Waals surface area contributed by atoms with Crippen LogP contribution in [0.15, 0.2) is 30.3 Å². The van der Waals surface area contributed by atoms with E-state index in [1.807, 2.05) is 0 Å². The summed E-state index contributed by atoms with van der Waals surface area (Å²) in [6, 6.07) is 5.49. The van der Waals surface area contributed by atoms with Crippen LogP contribution in [-0.4, -0.2) is 33.4 Å². The van der Waals surface area contributed by atoms with Crippen molar-refractivity contribution in [2.75, 3.05) is 17.6 Å². The number of alkyl halides is 3. The first kappa shape index (κ1) is 27.4. The Labute approximate surface area is 194 Å². The number of sulfonamides is 1. The third-order valence-corrected chi connectivity index (χ3v) is 5.73. The zero-order valence-electron chi connectivity index (χ0n) is 19.1. The molecule has 6 nitrogen and oxygen atoms in total. The van der Waals surface area contributed by atoms with Crippen LogP contribution in [-0.2, 0) is 20.2 Å². The van der Waals surface area contributed by atoms with Crippen molar-refractivity contribution >= 4 is 21.6 Å². The van der Waals surface area contributed by atoms with E-state index in [9.17, 15) is 35.2 Å². The molecule has 1 atom stereocenters. The summed E-state index contributed by atoms with van der Waals surface area (Å²) in [5, 5.41) is 2.61. The Morgan fingerprint density at radius 2 is 1.65 bits per heavy atom. The fourth-order valence-electron chi connectivity index (χ4n) is 3.16. The smallest absolute Gasteiger partial charge is 0.398 e. The van der Waals surface area contributed by atoms with E-state index >= 15 is 0 Å². The standard InChI is InChI=1S/C22H25F5N2O4S/c1-12-8-14(6-7-18(12)29-34(5,31)32)13(2)28-19(30)11-33-15-9-16(23)20(17(24)10-15)21(3,4)22(25,26)27/h6-10,13,29H,11H2,1-5H3,(H,28,30). The second-order valence-electron chi connectivity index (χ2n) is 8.41. The Kier molecular flexibility index (Phi) is 7.86.